The van der Waals surface area contributed by atoms with Gasteiger partial charge in [0.15, 0.2) is 0 Å². The molecule has 6 heteroatoms. The fourth-order valence-corrected chi connectivity index (χ4v) is 2.72. The van der Waals surface area contributed by atoms with E-state index >= 15 is 0 Å². The van der Waals surface area contributed by atoms with Crippen molar-refractivity contribution in [1.82, 2.24) is 5.32 Å². The summed E-state index contributed by atoms with van der Waals surface area (Å²) in [6.45, 7) is 2.21. The van der Waals surface area contributed by atoms with E-state index < -0.39 is 4.92 Å². The molecule has 0 bridgehead atoms. The molecular formula is C13H15BrN2O3. The molecule has 5 nitrogen and oxygen atoms in total. The minimum atomic E-state index is -0.465. The number of hydrogen-bond donors (Lipinski definition) is 1. The van der Waals surface area contributed by atoms with Crippen molar-refractivity contribution in [2.45, 2.75) is 19.8 Å². The molecule has 2 rings (SSSR count). The zero-order valence-corrected chi connectivity index (χ0v) is 12.2. The van der Waals surface area contributed by atoms with Gasteiger partial charge in [-0.15, -0.1) is 0 Å². The smallest absolute Gasteiger partial charge is 0.273 e. The topological polar surface area (TPSA) is 72.2 Å². The van der Waals surface area contributed by atoms with Gasteiger partial charge in [-0.2, -0.15) is 0 Å². The summed E-state index contributed by atoms with van der Waals surface area (Å²) < 4.78 is 0. The molecular weight excluding hydrogens is 312 g/mol. The van der Waals surface area contributed by atoms with Gasteiger partial charge >= 0.3 is 0 Å². The van der Waals surface area contributed by atoms with Gasteiger partial charge in [0.05, 0.1) is 4.92 Å². The highest BCUT2D eigenvalue weighted by Gasteiger charge is 2.41. The van der Waals surface area contributed by atoms with E-state index in [0.717, 1.165) is 18.2 Å². The Morgan fingerprint density at radius 3 is 2.74 bits per heavy atom. The number of hydrogen-bond acceptors (Lipinski definition) is 3. The molecule has 19 heavy (non-hydrogen) atoms. The number of nitrogens with one attached hydrogen (secondary N) is 1. The Hall–Kier alpha value is -1.43. The molecule has 1 saturated carbocycles. The van der Waals surface area contributed by atoms with Crippen LogP contribution in [0, 0.1) is 22.5 Å². The standard InChI is InChI=1S/C13H15BrN2O3/c1-9-10(3-2-4-11(9)16(18)19)12(17)15-8-13(7-14)5-6-13/h2-4H,5-8H2,1H3,(H,15,17). The minimum Gasteiger partial charge on any atom is -0.351 e. The third kappa shape index (κ3) is 2.94. The molecule has 0 aliphatic heterocycles. The number of nitro benzene ring substituents is 1. The van der Waals surface area contributed by atoms with Crippen LogP contribution in [-0.2, 0) is 0 Å². The zero-order chi connectivity index (χ0) is 14.0. The van der Waals surface area contributed by atoms with E-state index in [1.165, 1.54) is 12.1 Å². The summed E-state index contributed by atoms with van der Waals surface area (Å²) in [5.74, 6) is -0.242. The largest absolute Gasteiger partial charge is 0.351 e. The van der Waals surface area contributed by atoms with Crippen LogP contribution in [0.3, 0.4) is 0 Å². The number of alkyl halides is 1. The van der Waals surface area contributed by atoms with E-state index in [1.807, 2.05) is 0 Å². The van der Waals surface area contributed by atoms with E-state index in [2.05, 4.69) is 21.2 Å². The second-order valence-corrected chi connectivity index (χ2v) is 5.58. The van der Waals surface area contributed by atoms with Crippen LogP contribution in [0.5, 0.6) is 0 Å². The lowest BCUT2D eigenvalue weighted by Crippen LogP contribution is -2.31. The summed E-state index contributed by atoms with van der Waals surface area (Å²) >= 11 is 3.44. The van der Waals surface area contributed by atoms with Gasteiger partial charge in [0.1, 0.15) is 0 Å². The van der Waals surface area contributed by atoms with Gasteiger partial charge in [-0.05, 0) is 31.2 Å². The fourth-order valence-electron chi connectivity index (χ4n) is 1.96. The van der Waals surface area contributed by atoms with E-state index in [9.17, 15) is 14.9 Å². The highest BCUT2D eigenvalue weighted by Crippen LogP contribution is 2.46. The highest BCUT2D eigenvalue weighted by molar-refractivity contribution is 9.09. The van der Waals surface area contributed by atoms with Gasteiger partial charge in [0, 0.05) is 29.1 Å². The van der Waals surface area contributed by atoms with Crippen LogP contribution >= 0.6 is 15.9 Å². The number of amides is 1. The number of halogens is 1. The van der Waals surface area contributed by atoms with Crippen LogP contribution in [0.2, 0.25) is 0 Å². The first kappa shape index (κ1) is 14.0. The summed E-state index contributed by atoms with van der Waals surface area (Å²) in [4.78, 5) is 22.5. The molecule has 0 radical (unpaired) electrons. The minimum absolute atomic E-state index is 0.0192. The number of carbonyl (C=O) groups is 1. The molecule has 0 unspecified atom stereocenters. The molecule has 1 aromatic carbocycles. The Bertz CT molecular complexity index is 527. The molecule has 102 valence electrons. The summed E-state index contributed by atoms with van der Waals surface area (Å²) in [6, 6.07) is 4.57. The predicted octanol–water partition coefficient (Wildman–Crippen LogP) is 2.81. The van der Waals surface area contributed by atoms with Crippen molar-refractivity contribution in [3.63, 3.8) is 0 Å². The fraction of sp³-hybridized carbons (Fsp3) is 0.462. The molecule has 1 N–H and O–H groups in total. The third-order valence-corrected chi connectivity index (χ3v) is 4.80. The van der Waals surface area contributed by atoms with Gasteiger partial charge in [-0.25, -0.2) is 0 Å². The van der Waals surface area contributed by atoms with E-state index in [-0.39, 0.29) is 17.0 Å². The van der Waals surface area contributed by atoms with Crippen molar-refractivity contribution in [2.24, 2.45) is 5.41 Å². The lowest BCUT2D eigenvalue weighted by molar-refractivity contribution is -0.385. The molecule has 1 aliphatic rings. The third-order valence-electron chi connectivity index (χ3n) is 3.61. The summed E-state index contributed by atoms with van der Waals surface area (Å²) in [5.41, 5.74) is 0.951. The van der Waals surface area contributed by atoms with Crippen LogP contribution < -0.4 is 5.32 Å². The Kier molecular flexibility index (Phi) is 3.89. The van der Waals surface area contributed by atoms with Crippen molar-refractivity contribution in [3.05, 3.63) is 39.4 Å². The predicted molar refractivity (Wildman–Crippen MR) is 75.6 cm³/mol. The first-order chi connectivity index (χ1) is 8.99. The van der Waals surface area contributed by atoms with Gasteiger partial charge < -0.3 is 5.32 Å². The molecule has 1 aromatic rings. The SMILES string of the molecule is Cc1c(C(=O)NCC2(CBr)CC2)cccc1[N+](=O)[O-]. The van der Waals surface area contributed by atoms with Crippen LogP contribution in [0.15, 0.2) is 18.2 Å². The molecule has 0 saturated heterocycles. The highest BCUT2D eigenvalue weighted by atomic mass is 79.9. The van der Waals surface area contributed by atoms with Crippen molar-refractivity contribution < 1.29 is 9.72 Å². The molecule has 1 aliphatic carbocycles. The van der Waals surface area contributed by atoms with E-state index in [0.29, 0.717) is 17.7 Å². The Morgan fingerprint density at radius 1 is 1.53 bits per heavy atom. The quantitative estimate of drug-likeness (QED) is 0.513. The number of nitro groups is 1. The number of nitrogens with zero attached hydrogens (tertiary/aromatic N) is 1. The van der Waals surface area contributed by atoms with Crippen LogP contribution in [-0.4, -0.2) is 22.7 Å². The van der Waals surface area contributed by atoms with Crippen molar-refractivity contribution in [3.8, 4) is 0 Å². The Morgan fingerprint density at radius 2 is 2.21 bits per heavy atom. The number of rotatable bonds is 5. The van der Waals surface area contributed by atoms with Gasteiger partial charge in [-0.1, -0.05) is 22.0 Å². The molecule has 0 heterocycles. The van der Waals surface area contributed by atoms with E-state index in [4.69, 9.17) is 0 Å². The Balaban J connectivity index is 2.11. The lowest BCUT2D eigenvalue weighted by atomic mass is 10.1. The molecule has 1 fully saturated rings. The maximum atomic E-state index is 12.1. The van der Waals surface area contributed by atoms with Crippen LogP contribution in [0.1, 0.15) is 28.8 Å². The lowest BCUT2D eigenvalue weighted by Gasteiger charge is -2.13. The van der Waals surface area contributed by atoms with Crippen molar-refractivity contribution in [1.29, 1.82) is 0 Å². The second-order valence-electron chi connectivity index (χ2n) is 5.02. The zero-order valence-electron chi connectivity index (χ0n) is 10.6. The monoisotopic (exact) mass is 326 g/mol. The normalized spacial score (nSPS) is 15.9. The maximum absolute atomic E-state index is 12.1. The van der Waals surface area contributed by atoms with Crippen LogP contribution in [0.4, 0.5) is 5.69 Å². The van der Waals surface area contributed by atoms with Crippen LogP contribution in [0.25, 0.3) is 0 Å². The second kappa shape index (κ2) is 5.28. The average Bonchev–Trinajstić information content (AvgIpc) is 3.16. The van der Waals surface area contributed by atoms with Crippen molar-refractivity contribution in [2.75, 3.05) is 11.9 Å². The van der Waals surface area contributed by atoms with Crippen molar-refractivity contribution >= 4 is 27.5 Å². The van der Waals surface area contributed by atoms with Gasteiger partial charge in [0.25, 0.3) is 11.6 Å². The number of carbonyl (C=O) groups excluding carboxylic acids is 1. The molecule has 0 spiro atoms. The molecule has 0 atom stereocenters. The number of benzene rings is 1. The first-order valence-corrected chi connectivity index (χ1v) is 7.19. The maximum Gasteiger partial charge on any atom is 0.273 e. The van der Waals surface area contributed by atoms with E-state index in [1.54, 1.807) is 13.0 Å². The molecule has 1 amide bonds. The molecule has 0 aromatic heterocycles. The summed E-state index contributed by atoms with van der Waals surface area (Å²) in [5, 5.41) is 14.6. The average molecular weight is 327 g/mol. The summed E-state index contributed by atoms with van der Waals surface area (Å²) in [6.07, 6.45) is 2.21. The Labute approximate surface area is 119 Å². The van der Waals surface area contributed by atoms with Gasteiger partial charge in [0.2, 0.25) is 0 Å². The first-order valence-electron chi connectivity index (χ1n) is 6.07. The summed E-state index contributed by atoms with van der Waals surface area (Å²) in [7, 11) is 0. The van der Waals surface area contributed by atoms with Gasteiger partial charge in [-0.3, -0.25) is 14.9 Å².